The fourth-order valence-corrected chi connectivity index (χ4v) is 2.15. The van der Waals surface area contributed by atoms with Gasteiger partial charge in [-0.05, 0) is 44.1 Å². The predicted molar refractivity (Wildman–Crippen MR) is 85.8 cm³/mol. The molecule has 20 heavy (non-hydrogen) atoms. The molecule has 0 saturated carbocycles. The van der Waals surface area contributed by atoms with Crippen LogP contribution < -0.4 is 10.6 Å². The van der Waals surface area contributed by atoms with E-state index in [9.17, 15) is 0 Å². The molecule has 2 rings (SSSR count). The average Bonchev–Trinajstić information content (AvgIpc) is 2.46. The van der Waals surface area contributed by atoms with E-state index >= 15 is 0 Å². The largest absolute Gasteiger partial charge is 0.316 e. The first-order valence-corrected chi connectivity index (χ1v) is 7.52. The Kier molecular flexibility index (Phi) is 5.96. The van der Waals surface area contributed by atoms with E-state index in [1.165, 1.54) is 5.39 Å². The van der Waals surface area contributed by atoms with Gasteiger partial charge in [0.1, 0.15) is 0 Å². The molecular formula is C17H25N3. The van der Waals surface area contributed by atoms with Gasteiger partial charge in [-0.3, -0.25) is 4.98 Å². The van der Waals surface area contributed by atoms with Gasteiger partial charge in [-0.15, -0.1) is 0 Å². The quantitative estimate of drug-likeness (QED) is 0.725. The molecule has 0 aliphatic carbocycles. The molecule has 0 amide bonds. The molecule has 0 bridgehead atoms. The molecule has 2 N–H and O–H groups in total. The van der Waals surface area contributed by atoms with Crippen LogP contribution in [-0.2, 0) is 6.54 Å². The van der Waals surface area contributed by atoms with E-state index < -0.39 is 0 Å². The normalized spacial score (nSPS) is 11.3. The van der Waals surface area contributed by atoms with E-state index in [2.05, 4.69) is 53.7 Å². The number of fused-ring (bicyclic) bond motifs is 1. The summed E-state index contributed by atoms with van der Waals surface area (Å²) in [4.78, 5) is 4.65. The van der Waals surface area contributed by atoms with Gasteiger partial charge < -0.3 is 10.6 Å². The van der Waals surface area contributed by atoms with Gasteiger partial charge in [0.15, 0.2) is 0 Å². The van der Waals surface area contributed by atoms with Crippen LogP contribution in [0.4, 0.5) is 0 Å². The Hall–Kier alpha value is -1.45. The summed E-state index contributed by atoms with van der Waals surface area (Å²) in [5.74, 6) is 0.727. The third-order valence-corrected chi connectivity index (χ3v) is 3.22. The maximum absolute atomic E-state index is 4.65. The number of nitrogens with zero attached hydrogens (tertiary/aromatic N) is 1. The lowest BCUT2D eigenvalue weighted by atomic mass is 10.2. The molecule has 0 spiro atoms. The summed E-state index contributed by atoms with van der Waals surface area (Å²) in [6.45, 7) is 8.52. The van der Waals surface area contributed by atoms with Gasteiger partial charge in [-0.1, -0.05) is 38.1 Å². The predicted octanol–water partition coefficient (Wildman–Crippen LogP) is 2.96. The number of nitrogens with one attached hydrogen (secondary N) is 2. The molecule has 0 saturated heterocycles. The number of pyridine rings is 1. The lowest BCUT2D eigenvalue weighted by Gasteiger charge is -2.08. The molecule has 108 valence electrons. The second-order valence-corrected chi connectivity index (χ2v) is 5.62. The van der Waals surface area contributed by atoms with Crippen molar-refractivity contribution in [1.29, 1.82) is 0 Å². The van der Waals surface area contributed by atoms with Crippen molar-refractivity contribution in [3.8, 4) is 0 Å². The average molecular weight is 271 g/mol. The van der Waals surface area contributed by atoms with Crippen molar-refractivity contribution in [2.45, 2.75) is 26.8 Å². The first-order valence-electron chi connectivity index (χ1n) is 7.52. The van der Waals surface area contributed by atoms with Crippen LogP contribution in [0.5, 0.6) is 0 Å². The first kappa shape index (κ1) is 14.9. The van der Waals surface area contributed by atoms with Gasteiger partial charge in [-0.25, -0.2) is 0 Å². The van der Waals surface area contributed by atoms with Crippen molar-refractivity contribution in [2.24, 2.45) is 5.92 Å². The van der Waals surface area contributed by atoms with Gasteiger partial charge in [0.25, 0.3) is 0 Å². The van der Waals surface area contributed by atoms with Crippen molar-refractivity contribution >= 4 is 10.9 Å². The van der Waals surface area contributed by atoms with Crippen LogP contribution in [-0.4, -0.2) is 24.6 Å². The van der Waals surface area contributed by atoms with E-state index in [4.69, 9.17) is 0 Å². The fourth-order valence-electron chi connectivity index (χ4n) is 2.15. The van der Waals surface area contributed by atoms with E-state index in [0.29, 0.717) is 0 Å². The molecule has 1 aromatic heterocycles. The monoisotopic (exact) mass is 271 g/mol. The van der Waals surface area contributed by atoms with Gasteiger partial charge in [-0.2, -0.15) is 0 Å². The summed E-state index contributed by atoms with van der Waals surface area (Å²) >= 11 is 0. The van der Waals surface area contributed by atoms with E-state index in [-0.39, 0.29) is 0 Å². The molecule has 1 aromatic carbocycles. The summed E-state index contributed by atoms with van der Waals surface area (Å²) in [5.41, 5.74) is 2.18. The van der Waals surface area contributed by atoms with E-state index in [0.717, 1.165) is 49.7 Å². The number of benzene rings is 1. The molecule has 0 aliphatic rings. The van der Waals surface area contributed by atoms with Gasteiger partial charge in [0.2, 0.25) is 0 Å². The van der Waals surface area contributed by atoms with Crippen LogP contribution in [0.15, 0.2) is 36.4 Å². The lowest BCUT2D eigenvalue weighted by Crippen LogP contribution is -2.24. The zero-order valence-electron chi connectivity index (χ0n) is 12.5. The molecule has 3 nitrogen and oxygen atoms in total. The van der Waals surface area contributed by atoms with Crippen LogP contribution in [0, 0.1) is 5.92 Å². The SMILES string of the molecule is CC(C)CNCCCNCc1ccc2ccccc2n1. The van der Waals surface area contributed by atoms with Crippen molar-refractivity contribution in [3.05, 3.63) is 42.1 Å². The van der Waals surface area contributed by atoms with Crippen molar-refractivity contribution in [3.63, 3.8) is 0 Å². The summed E-state index contributed by atoms with van der Waals surface area (Å²) < 4.78 is 0. The maximum atomic E-state index is 4.65. The van der Waals surface area contributed by atoms with E-state index in [1.807, 2.05) is 12.1 Å². The van der Waals surface area contributed by atoms with Crippen LogP contribution in [0.25, 0.3) is 10.9 Å². The molecule has 0 atom stereocenters. The molecule has 2 aromatic rings. The summed E-state index contributed by atoms with van der Waals surface area (Å²) in [6.07, 6.45) is 1.15. The number of hydrogen-bond acceptors (Lipinski definition) is 3. The number of para-hydroxylation sites is 1. The van der Waals surface area contributed by atoms with Crippen molar-refractivity contribution < 1.29 is 0 Å². The highest BCUT2D eigenvalue weighted by Gasteiger charge is 1.98. The third kappa shape index (κ3) is 4.91. The second-order valence-electron chi connectivity index (χ2n) is 5.62. The number of rotatable bonds is 8. The first-order chi connectivity index (χ1) is 9.75. The Bertz CT molecular complexity index is 522. The molecular weight excluding hydrogens is 246 g/mol. The molecule has 0 fully saturated rings. The van der Waals surface area contributed by atoms with Crippen LogP contribution in [0.1, 0.15) is 26.0 Å². The van der Waals surface area contributed by atoms with Crippen molar-refractivity contribution in [2.75, 3.05) is 19.6 Å². The summed E-state index contributed by atoms with van der Waals surface area (Å²) in [6, 6.07) is 12.5. The van der Waals surface area contributed by atoms with Crippen LogP contribution in [0.2, 0.25) is 0 Å². The fraction of sp³-hybridized carbons (Fsp3) is 0.471. The zero-order valence-corrected chi connectivity index (χ0v) is 12.5. The summed E-state index contributed by atoms with van der Waals surface area (Å²) in [5, 5.41) is 8.11. The highest BCUT2D eigenvalue weighted by atomic mass is 14.9. The Labute approximate surface area is 121 Å². The third-order valence-electron chi connectivity index (χ3n) is 3.22. The minimum atomic E-state index is 0.727. The minimum absolute atomic E-state index is 0.727. The smallest absolute Gasteiger partial charge is 0.0705 e. The van der Waals surface area contributed by atoms with Gasteiger partial charge >= 0.3 is 0 Å². The Morgan fingerprint density at radius 1 is 1.00 bits per heavy atom. The zero-order chi connectivity index (χ0) is 14.2. The number of hydrogen-bond donors (Lipinski definition) is 2. The Morgan fingerprint density at radius 2 is 1.80 bits per heavy atom. The van der Waals surface area contributed by atoms with E-state index in [1.54, 1.807) is 0 Å². The minimum Gasteiger partial charge on any atom is -0.316 e. The Morgan fingerprint density at radius 3 is 2.65 bits per heavy atom. The summed E-state index contributed by atoms with van der Waals surface area (Å²) in [7, 11) is 0. The second kappa shape index (κ2) is 7.98. The van der Waals surface area contributed by atoms with Gasteiger partial charge in [0, 0.05) is 11.9 Å². The lowest BCUT2D eigenvalue weighted by molar-refractivity contribution is 0.529. The van der Waals surface area contributed by atoms with Crippen LogP contribution >= 0.6 is 0 Å². The Balaban J connectivity index is 1.68. The highest BCUT2D eigenvalue weighted by molar-refractivity contribution is 5.78. The molecule has 0 aliphatic heterocycles. The molecule has 0 radical (unpaired) electrons. The molecule has 0 unspecified atom stereocenters. The standard InChI is InChI=1S/C17H25N3/c1-14(2)12-18-10-5-11-19-13-16-9-8-15-6-3-4-7-17(15)20-16/h3-4,6-9,14,18-19H,5,10-13H2,1-2H3. The highest BCUT2D eigenvalue weighted by Crippen LogP contribution is 2.11. The molecule has 3 heteroatoms. The van der Waals surface area contributed by atoms with Crippen LogP contribution in [0.3, 0.4) is 0 Å². The van der Waals surface area contributed by atoms with Gasteiger partial charge in [0.05, 0.1) is 11.2 Å². The maximum Gasteiger partial charge on any atom is 0.0705 e. The molecule has 1 heterocycles. The van der Waals surface area contributed by atoms with Crippen molar-refractivity contribution in [1.82, 2.24) is 15.6 Å². The number of aromatic nitrogens is 1. The topological polar surface area (TPSA) is 37.0 Å².